The molecule has 106 valence electrons. The molecule has 0 unspecified atom stereocenters. The molecule has 0 bridgehead atoms. The summed E-state index contributed by atoms with van der Waals surface area (Å²) in [6.45, 7) is 6.61. The van der Waals surface area contributed by atoms with Crippen LogP contribution in [-0.4, -0.2) is 21.1 Å². The van der Waals surface area contributed by atoms with Crippen molar-refractivity contribution < 1.29 is 9.53 Å². The van der Waals surface area contributed by atoms with Gasteiger partial charge in [0.2, 0.25) is 0 Å². The molecule has 0 aliphatic rings. The topological polar surface area (TPSA) is 57.0 Å². The summed E-state index contributed by atoms with van der Waals surface area (Å²) in [5, 5.41) is 4.91. The largest absolute Gasteiger partial charge is 0.485 e. The fraction of sp³-hybridized carbons (Fsp3) is 0.357. The molecule has 2 heterocycles. The summed E-state index contributed by atoms with van der Waals surface area (Å²) in [6, 6.07) is 3.53. The van der Waals surface area contributed by atoms with Crippen LogP contribution in [0.4, 0.5) is 0 Å². The van der Waals surface area contributed by atoms with Gasteiger partial charge >= 0.3 is 0 Å². The molecule has 0 amide bonds. The molecule has 0 aliphatic heterocycles. The highest BCUT2D eigenvalue weighted by Crippen LogP contribution is 2.23. The van der Waals surface area contributed by atoms with Crippen LogP contribution in [0, 0.1) is 13.8 Å². The normalized spacial score (nSPS) is 10.6. The van der Waals surface area contributed by atoms with Crippen molar-refractivity contribution in [2.75, 3.05) is 0 Å². The standard InChI is InChI=1S/C14H16ClN3O2/c1-4-18-12(14(15)10(3)17-18)8-20-13-6-5-9(2)16-11(13)7-19/h5-7H,4,8H2,1-3H3. The van der Waals surface area contributed by atoms with Crippen molar-refractivity contribution in [2.45, 2.75) is 33.9 Å². The molecule has 0 saturated carbocycles. The monoisotopic (exact) mass is 293 g/mol. The van der Waals surface area contributed by atoms with Gasteiger partial charge in [0.1, 0.15) is 18.1 Å². The second kappa shape index (κ2) is 6.05. The molecule has 2 rings (SSSR count). The van der Waals surface area contributed by atoms with E-state index < -0.39 is 0 Å². The van der Waals surface area contributed by atoms with Gasteiger partial charge in [0, 0.05) is 12.2 Å². The maximum Gasteiger partial charge on any atom is 0.172 e. The second-order valence-electron chi connectivity index (χ2n) is 4.40. The van der Waals surface area contributed by atoms with Crippen molar-refractivity contribution >= 4 is 17.9 Å². The molecule has 0 spiro atoms. The Morgan fingerprint density at radius 1 is 1.40 bits per heavy atom. The van der Waals surface area contributed by atoms with E-state index in [-0.39, 0.29) is 6.61 Å². The third-order valence-corrected chi connectivity index (χ3v) is 3.45. The zero-order valence-corrected chi connectivity index (χ0v) is 12.4. The van der Waals surface area contributed by atoms with Gasteiger partial charge in [0.15, 0.2) is 6.29 Å². The number of ether oxygens (including phenoxy) is 1. The van der Waals surface area contributed by atoms with Crippen molar-refractivity contribution in [1.29, 1.82) is 0 Å². The van der Waals surface area contributed by atoms with E-state index in [9.17, 15) is 4.79 Å². The Morgan fingerprint density at radius 2 is 2.15 bits per heavy atom. The zero-order valence-electron chi connectivity index (χ0n) is 11.7. The van der Waals surface area contributed by atoms with E-state index in [1.165, 1.54) is 0 Å². The number of aryl methyl sites for hydroxylation is 3. The number of hydrogen-bond acceptors (Lipinski definition) is 4. The molecule has 0 aromatic carbocycles. The van der Waals surface area contributed by atoms with Crippen molar-refractivity contribution in [3.63, 3.8) is 0 Å². The molecule has 0 aliphatic carbocycles. The highest BCUT2D eigenvalue weighted by molar-refractivity contribution is 6.31. The summed E-state index contributed by atoms with van der Waals surface area (Å²) in [4.78, 5) is 15.1. The third-order valence-electron chi connectivity index (χ3n) is 2.95. The molecule has 6 heteroatoms. The van der Waals surface area contributed by atoms with Crippen LogP contribution in [0.1, 0.15) is 34.5 Å². The van der Waals surface area contributed by atoms with Gasteiger partial charge in [-0.05, 0) is 32.9 Å². The van der Waals surface area contributed by atoms with Gasteiger partial charge in [-0.25, -0.2) is 4.98 Å². The van der Waals surface area contributed by atoms with Crippen LogP contribution in [-0.2, 0) is 13.2 Å². The number of pyridine rings is 1. The maximum atomic E-state index is 11.0. The van der Waals surface area contributed by atoms with E-state index in [0.717, 1.165) is 17.1 Å². The number of carbonyl (C=O) groups is 1. The van der Waals surface area contributed by atoms with E-state index in [2.05, 4.69) is 10.1 Å². The van der Waals surface area contributed by atoms with Gasteiger partial charge in [-0.1, -0.05) is 11.6 Å². The van der Waals surface area contributed by atoms with Crippen molar-refractivity contribution in [2.24, 2.45) is 0 Å². The highest BCUT2D eigenvalue weighted by atomic mass is 35.5. The van der Waals surface area contributed by atoms with Crippen molar-refractivity contribution in [3.8, 4) is 5.75 Å². The van der Waals surface area contributed by atoms with Gasteiger partial charge in [-0.3, -0.25) is 9.48 Å². The Balaban J connectivity index is 2.23. The Morgan fingerprint density at radius 3 is 2.80 bits per heavy atom. The van der Waals surface area contributed by atoms with E-state index in [1.54, 1.807) is 16.8 Å². The lowest BCUT2D eigenvalue weighted by atomic mass is 10.3. The Labute approximate surface area is 122 Å². The van der Waals surface area contributed by atoms with Crippen LogP contribution < -0.4 is 4.74 Å². The average Bonchev–Trinajstić information content (AvgIpc) is 2.72. The predicted octanol–water partition coefficient (Wildman–Crippen LogP) is 2.96. The van der Waals surface area contributed by atoms with Crippen LogP contribution >= 0.6 is 11.6 Å². The average molecular weight is 294 g/mol. The minimum absolute atomic E-state index is 0.249. The summed E-state index contributed by atoms with van der Waals surface area (Å²) in [7, 11) is 0. The number of hydrogen-bond donors (Lipinski definition) is 0. The van der Waals surface area contributed by atoms with Gasteiger partial charge < -0.3 is 4.74 Å². The Hall–Kier alpha value is -1.88. The molecule has 5 nitrogen and oxygen atoms in total. The molecule has 20 heavy (non-hydrogen) atoms. The first-order valence-corrected chi connectivity index (χ1v) is 6.72. The number of halogens is 1. The zero-order chi connectivity index (χ0) is 14.7. The molecule has 0 radical (unpaired) electrons. The van der Waals surface area contributed by atoms with Crippen LogP contribution in [0.5, 0.6) is 5.75 Å². The first-order chi connectivity index (χ1) is 9.56. The third kappa shape index (κ3) is 2.82. The van der Waals surface area contributed by atoms with Gasteiger partial charge in [-0.2, -0.15) is 5.10 Å². The maximum absolute atomic E-state index is 11.0. The Kier molecular flexibility index (Phi) is 4.39. The lowest BCUT2D eigenvalue weighted by Crippen LogP contribution is -2.08. The van der Waals surface area contributed by atoms with Crippen LogP contribution in [0.3, 0.4) is 0 Å². The lowest BCUT2D eigenvalue weighted by molar-refractivity contribution is 0.111. The van der Waals surface area contributed by atoms with Crippen LogP contribution in [0.25, 0.3) is 0 Å². The first kappa shape index (κ1) is 14.5. The summed E-state index contributed by atoms with van der Waals surface area (Å²) in [5.41, 5.74) is 2.63. The fourth-order valence-electron chi connectivity index (χ4n) is 1.92. The minimum Gasteiger partial charge on any atom is -0.485 e. The number of rotatable bonds is 5. The predicted molar refractivity (Wildman–Crippen MR) is 76.3 cm³/mol. The first-order valence-electron chi connectivity index (χ1n) is 6.34. The van der Waals surface area contributed by atoms with Crippen molar-refractivity contribution in [1.82, 2.24) is 14.8 Å². The van der Waals surface area contributed by atoms with Gasteiger partial charge in [0.05, 0.1) is 16.4 Å². The van der Waals surface area contributed by atoms with Gasteiger partial charge in [-0.15, -0.1) is 0 Å². The SMILES string of the molecule is CCn1nc(C)c(Cl)c1COc1ccc(C)nc1C=O. The van der Waals surface area contributed by atoms with Crippen LogP contribution in [0.2, 0.25) is 5.02 Å². The second-order valence-corrected chi connectivity index (χ2v) is 4.78. The number of aromatic nitrogens is 3. The highest BCUT2D eigenvalue weighted by Gasteiger charge is 2.14. The van der Waals surface area contributed by atoms with E-state index >= 15 is 0 Å². The fourth-order valence-corrected chi connectivity index (χ4v) is 2.11. The minimum atomic E-state index is 0.249. The molecule has 0 N–H and O–H groups in total. The van der Waals surface area contributed by atoms with Gasteiger partial charge in [0.25, 0.3) is 0 Å². The van der Waals surface area contributed by atoms with E-state index in [4.69, 9.17) is 16.3 Å². The Bertz CT molecular complexity index is 638. The lowest BCUT2D eigenvalue weighted by Gasteiger charge is -2.10. The van der Waals surface area contributed by atoms with Crippen LogP contribution in [0.15, 0.2) is 12.1 Å². The molecule has 2 aromatic heterocycles. The summed E-state index contributed by atoms with van der Waals surface area (Å²) >= 11 is 6.21. The molecule has 0 atom stereocenters. The van der Waals surface area contributed by atoms with Crippen molar-refractivity contribution in [3.05, 3.63) is 39.9 Å². The summed E-state index contributed by atoms with van der Waals surface area (Å²) < 4.78 is 7.46. The molecular weight excluding hydrogens is 278 g/mol. The molecule has 2 aromatic rings. The summed E-state index contributed by atoms with van der Waals surface area (Å²) in [6.07, 6.45) is 0.687. The number of nitrogens with zero attached hydrogens (tertiary/aromatic N) is 3. The van der Waals surface area contributed by atoms with E-state index in [1.807, 2.05) is 20.8 Å². The molecular formula is C14H16ClN3O2. The summed E-state index contributed by atoms with van der Waals surface area (Å²) in [5.74, 6) is 0.447. The molecule has 0 saturated heterocycles. The van der Waals surface area contributed by atoms with E-state index in [0.29, 0.717) is 29.3 Å². The number of aldehydes is 1. The smallest absolute Gasteiger partial charge is 0.172 e. The molecule has 0 fully saturated rings. The number of carbonyl (C=O) groups excluding carboxylic acids is 1. The quantitative estimate of drug-likeness (QED) is 0.795.